The molecule has 0 amide bonds. The highest BCUT2D eigenvalue weighted by Crippen LogP contribution is 2.37. The normalized spacial score (nSPS) is 12.7. The van der Waals surface area contributed by atoms with Gasteiger partial charge in [-0.3, -0.25) is 0 Å². The fourth-order valence-electron chi connectivity index (χ4n) is 2.25. The highest BCUT2D eigenvalue weighted by molar-refractivity contribution is 7.91. The van der Waals surface area contributed by atoms with Crippen molar-refractivity contribution in [1.29, 1.82) is 0 Å². The van der Waals surface area contributed by atoms with Crippen molar-refractivity contribution in [2.45, 2.75) is 16.0 Å². The first-order valence-electron chi connectivity index (χ1n) is 7.64. The Bertz CT molecular complexity index is 958. The number of H-pyrrole nitrogens is 1. The lowest BCUT2D eigenvalue weighted by molar-refractivity contribution is -0.137. The molecule has 148 valence electrons. The second kappa shape index (κ2) is 8.08. The predicted octanol–water partition coefficient (Wildman–Crippen LogP) is 5.08. The van der Waals surface area contributed by atoms with E-state index in [9.17, 15) is 17.7 Å². The molecule has 12 heteroatoms. The molecule has 0 aliphatic rings. The van der Waals surface area contributed by atoms with E-state index >= 15 is 0 Å². The molecule has 0 fully saturated rings. The van der Waals surface area contributed by atoms with E-state index in [4.69, 9.17) is 23.2 Å². The third-order valence-electron chi connectivity index (χ3n) is 3.56. The van der Waals surface area contributed by atoms with Gasteiger partial charge < -0.3 is 15.2 Å². The largest absolute Gasteiger partial charge is 0.606 e. The first-order chi connectivity index (χ1) is 13.2. The van der Waals surface area contributed by atoms with Crippen molar-refractivity contribution in [3.63, 3.8) is 0 Å². The molecule has 0 spiro atoms. The van der Waals surface area contributed by atoms with Crippen LogP contribution in [0.15, 0.2) is 46.2 Å². The van der Waals surface area contributed by atoms with Gasteiger partial charge in [-0.05, 0) is 36.4 Å². The Hall–Kier alpha value is -2.14. The van der Waals surface area contributed by atoms with E-state index in [-0.39, 0.29) is 25.8 Å². The summed E-state index contributed by atoms with van der Waals surface area (Å²) < 4.78 is 50.8. The summed E-state index contributed by atoms with van der Waals surface area (Å²) in [6.45, 7) is 0. The van der Waals surface area contributed by atoms with E-state index < -0.39 is 22.9 Å². The van der Waals surface area contributed by atoms with Gasteiger partial charge in [0.1, 0.15) is 0 Å². The number of nitrogens with zero attached hydrogens (tertiary/aromatic N) is 2. The van der Waals surface area contributed by atoms with Crippen LogP contribution in [0.2, 0.25) is 10.0 Å². The molecule has 3 rings (SSSR count). The maximum Gasteiger partial charge on any atom is 0.416 e. The van der Waals surface area contributed by atoms with Crippen molar-refractivity contribution in [2.24, 2.45) is 0 Å². The zero-order chi connectivity index (χ0) is 20.5. The van der Waals surface area contributed by atoms with Crippen molar-refractivity contribution in [3.8, 4) is 0 Å². The standard InChI is InChI=1S/C16H12Cl2F3N5OS/c1-22-14-24-15(26-25-14)23-9-6-11(17)13(12(18)7-9)28(27)10-4-2-8(3-5-10)16(19,20)21/h2-7H,1H3,(H3,22,23,24,25,26). The van der Waals surface area contributed by atoms with Gasteiger partial charge in [-0.1, -0.05) is 23.2 Å². The first kappa shape index (κ1) is 20.6. The predicted molar refractivity (Wildman–Crippen MR) is 102 cm³/mol. The number of alkyl halides is 3. The fourth-order valence-corrected chi connectivity index (χ4v) is 4.25. The number of rotatable bonds is 5. The van der Waals surface area contributed by atoms with Gasteiger partial charge in [0, 0.05) is 23.9 Å². The summed E-state index contributed by atoms with van der Waals surface area (Å²) in [5.41, 5.74) is -0.387. The molecule has 2 aromatic carbocycles. The third kappa shape index (κ3) is 4.46. The number of hydrogen-bond donors (Lipinski definition) is 3. The Morgan fingerprint density at radius 1 is 1.11 bits per heavy atom. The molecular formula is C16H12Cl2F3N5OS. The molecular weight excluding hydrogens is 438 g/mol. The van der Waals surface area contributed by atoms with Crippen LogP contribution < -0.4 is 10.6 Å². The molecule has 0 bridgehead atoms. The first-order valence-corrected chi connectivity index (χ1v) is 9.55. The molecule has 0 saturated heterocycles. The van der Waals surface area contributed by atoms with Crippen LogP contribution in [-0.2, 0) is 17.4 Å². The van der Waals surface area contributed by atoms with E-state index in [0.717, 1.165) is 24.3 Å². The number of aromatic amines is 1. The van der Waals surface area contributed by atoms with Crippen molar-refractivity contribution in [2.75, 3.05) is 17.7 Å². The Morgan fingerprint density at radius 3 is 2.21 bits per heavy atom. The molecule has 3 N–H and O–H groups in total. The average molecular weight is 450 g/mol. The summed E-state index contributed by atoms with van der Waals surface area (Å²) in [4.78, 5) is 4.33. The topological polar surface area (TPSA) is 88.7 Å². The summed E-state index contributed by atoms with van der Waals surface area (Å²) >= 11 is 10.6. The molecule has 1 heterocycles. The quantitative estimate of drug-likeness (QED) is 0.472. The lowest BCUT2D eigenvalue weighted by atomic mass is 10.2. The minimum Gasteiger partial charge on any atom is -0.606 e. The van der Waals surface area contributed by atoms with Crippen LogP contribution in [0.5, 0.6) is 0 Å². The lowest BCUT2D eigenvalue weighted by Crippen LogP contribution is -2.08. The van der Waals surface area contributed by atoms with Gasteiger partial charge in [-0.15, -0.1) is 5.10 Å². The maximum atomic E-state index is 12.8. The number of aromatic nitrogens is 3. The number of hydrogen-bond acceptors (Lipinski definition) is 5. The van der Waals surface area contributed by atoms with Gasteiger partial charge in [-0.25, -0.2) is 5.10 Å². The van der Waals surface area contributed by atoms with E-state index in [1.165, 1.54) is 12.1 Å². The number of anilines is 3. The summed E-state index contributed by atoms with van der Waals surface area (Å²) in [5.74, 6) is 0.702. The van der Waals surface area contributed by atoms with Gasteiger partial charge in [0.05, 0.1) is 15.6 Å². The summed E-state index contributed by atoms with van der Waals surface area (Å²) in [5, 5.41) is 12.4. The zero-order valence-corrected chi connectivity index (χ0v) is 16.4. The second-order valence-electron chi connectivity index (χ2n) is 5.44. The highest BCUT2D eigenvalue weighted by atomic mass is 35.5. The van der Waals surface area contributed by atoms with Gasteiger partial charge in [0.25, 0.3) is 0 Å². The smallest absolute Gasteiger partial charge is 0.416 e. The molecule has 0 saturated carbocycles. The van der Waals surface area contributed by atoms with E-state index in [1.807, 2.05) is 0 Å². The molecule has 0 aliphatic heterocycles. The maximum absolute atomic E-state index is 12.8. The van der Waals surface area contributed by atoms with Crippen LogP contribution in [0.3, 0.4) is 0 Å². The van der Waals surface area contributed by atoms with Crippen LogP contribution in [0.1, 0.15) is 5.56 Å². The van der Waals surface area contributed by atoms with Gasteiger partial charge >= 0.3 is 6.18 Å². The zero-order valence-electron chi connectivity index (χ0n) is 14.1. The molecule has 0 radical (unpaired) electrons. The monoisotopic (exact) mass is 449 g/mol. The molecule has 1 aromatic heterocycles. The minimum absolute atomic E-state index is 0.0811. The van der Waals surface area contributed by atoms with E-state index in [0.29, 0.717) is 11.6 Å². The Morgan fingerprint density at radius 2 is 1.71 bits per heavy atom. The summed E-state index contributed by atoms with van der Waals surface area (Å²) in [6, 6.07) is 6.91. The van der Waals surface area contributed by atoms with E-state index in [2.05, 4.69) is 25.8 Å². The Balaban J connectivity index is 1.85. The van der Waals surface area contributed by atoms with Crippen molar-refractivity contribution in [1.82, 2.24) is 15.2 Å². The Labute approximate surface area is 170 Å². The molecule has 3 aromatic rings. The molecule has 6 nitrogen and oxygen atoms in total. The SMILES string of the molecule is CNc1nc(Nc2cc(Cl)c([S+]([O-])c3ccc(C(F)(F)F)cc3)c(Cl)c2)n[nH]1. The minimum atomic E-state index is -4.48. The molecule has 1 atom stereocenters. The van der Waals surface area contributed by atoms with Crippen LogP contribution >= 0.6 is 23.2 Å². The molecule has 0 aliphatic carbocycles. The van der Waals surface area contributed by atoms with Crippen molar-refractivity contribution < 1.29 is 17.7 Å². The van der Waals surface area contributed by atoms with Gasteiger partial charge in [-0.2, -0.15) is 18.2 Å². The van der Waals surface area contributed by atoms with Gasteiger partial charge in [0.2, 0.25) is 11.9 Å². The van der Waals surface area contributed by atoms with Crippen molar-refractivity contribution in [3.05, 3.63) is 52.0 Å². The molecule has 1 unspecified atom stereocenters. The third-order valence-corrected chi connectivity index (χ3v) is 5.89. The summed E-state index contributed by atoms with van der Waals surface area (Å²) in [6.07, 6.45) is -4.48. The van der Waals surface area contributed by atoms with E-state index in [1.54, 1.807) is 7.05 Å². The number of benzene rings is 2. The van der Waals surface area contributed by atoms with Crippen LogP contribution in [0, 0.1) is 0 Å². The fraction of sp³-hybridized carbons (Fsp3) is 0.125. The lowest BCUT2D eigenvalue weighted by Gasteiger charge is -2.15. The molecule has 28 heavy (non-hydrogen) atoms. The summed E-state index contributed by atoms with van der Waals surface area (Å²) in [7, 11) is 1.67. The number of halogens is 5. The Kier molecular flexibility index (Phi) is 5.94. The second-order valence-corrected chi connectivity index (χ2v) is 7.67. The van der Waals surface area contributed by atoms with Crippen LogP contribution in [0.4, 0.5) is 30.8 Å². The van der Waals surface area contributed by atoms with Crippen molar-refractivity contribution >= 4 is 52.0 Å². The van der Waals surface area contributed by atoms with Crippen LogP contribution in [0.25, 0.3) is 0 Å². The van der Waals surface area contributed by atoms with Gasteiger partial charge in [0.15, 0.2) is 9.79 Å². The number of nitrogens with one attached hydrogen (secondary N) is 3. The average Bonchev–Trinajstić information content (AvgIpc) is 3.08. The van der Waals surface area contributed by atoms with Crippen LogP contribution in [-0.4, -0.2) is 26.8 Å². The highest BCUT2D eigenvalue weighted by Gasteiger charge is 2.31.